The lowest BCUT2D eigenvalue weighted by molar-refractivity contribution is -0.149. The molecule has 74 valence electrons. The quantitative estimate of drug-likeness (QED) is 0.574. The van der Waals surface area contributed by atoms with E-state index in [1.54, 1.807) is 0 Å². The third kappa shape index (κ3) is 5.52. The summed E-state index contributed by atoms with van der Waals surface area (Å²) in [5.74, 6) is 0. The van der Waals surface area contributed by atoms with Gasteiger partial charge in [-0.15, -0.1) is 0 Å². The first-order valence-electron chi connectivity index (χ1n) is 4.68. The molecule has 2 atom stereocenters. The van der Waals surface area contributed by atoms with Crippen LogP contribution in [0.2, 0.25) is 0 Å². The molecule has 0 bridgehead atoms. The lowest BCUT2D eigenvalue weighted by Gasteiger charge is -2.18. The van der Waals surface area contributed by atoms with Crippen LogP contribution in [0, 0.1) is 0 Å². The van der Waals surface area contributed by atoms with E-state index in [2.05, 4.69) is 6.92 Å². The number of hydrogen-bond acceptors (Lipinski definition) is 3. The van der Waals surface area contributed by atoms with Crippen molar-refractivity contribution in [2.45, 2.75) is 51.9 Å². The van der Waals surface area contributed by atoms with Crippen molar-refractivity contribution >= 4 is 0 Å². The van der Waals surface area contributed by atoms with Gasteiger partial charge in [-0.05, 0) is 12.8 Å². The largest absolute Gasteiger partial charge is 0.394 e. The molecule has 0 saturated carbocycles. The molecule has 0 aliphatic heterocycles. The molecule has 0 aromatic rings. The smallest absolute Gasteiger partial charge is 0.154 e. The summed E-state index contributed by atoms with van der Waals surface area (Å²) in [5, 5.41) is 18.0. The van der Waals surface area contributed by atoms with Gasteiger partial charge in [0.05, 0.1) is 12.7 Å². The van der Waals surface area contributed by atoms with Crippen LogP contribution in [0.5, 0.6) is 0 Å². The van der Waals surface area contributed by atoms with Crippen LogP contribution in [-0.4, -0.2) is 29.2 Å². The van der Waals surface area contributed by atoms with Crippen molar-refractivity contribution < 1.29 is 14.9 Å². The molecule has 0 rings (SSSR count). The van der Waals surface area contributed by atoms with Crippen LogP contribution in [0.15, 0.2) is 0 Å². The minimum absolute atomic E-state index is 0.00292. The average Bonchev–Trinajstić information content (AvgIpc) is 2.11. The Kier molecular flexibility index (Phi) is 7.45. The van der Waals surface area contributed by atoms with Gasteiger partial charge >= 0.3 is 0 Å². The van der Waals surface area contributed by atoms with Gasteiger partial charge in [0, 0.05) is 0 Å². The van der Waals surface area contributed by atoms with Gasteiger partial charge in [-0.1, -0.05) is 26.7 Å². The first-order valence-corrected chi connectivity index (χ1v) is 4.68. The summed E-state index contributed by atoms with van der Waals surface area (Å²) >= 11 is 0. The highest BCUT2D eigenvalue weighted by molar-refractivity contribution is 4.56. The lowest BCUT2D eigenvalue weighted by atomic mass is 10.2. The number of ether oxygens (including phenoxy) is 1. The second-order valence-electron chi connectivity index (χ2n) is 2.95. The van der Waals surface area contributed by atoms with Crippen LogP contribution in [0.4, 0.5) is 0 Å². The Balaban J connectivity index is 3.51. The summed E-state index contributed by atoms with van der Waals surface area (Å²) in [6, 6.07) is 0. The second kappa shape index (κ2) is 7.53. The Morgan fingerprint density at radius 2 is 2.00 bits per heavy atom. The van der Waals surface area contributed by atoms with Gasteiger partial charge in [-0.2, -0.15) is 0 Å². The third-order valence-corrected chi connectivity index (χ3v) is 1.78. The van der Waals surface area contributed by atoms with Gasteiger partial charge in [0.15, 0.2) is 6.29 Å². The molecular weight excluding hydrogens is 156 g/mol. The zero-order valence-corrected chi connectivity index (χ0v) is 7.99. The van der Waals surface area contributed by atoms with Crippen molar-refractivity contribution in [1.82, 2.24) is 0 Å². The molecule has 0 aliphatic carbocycles. The van der Waals surface area contributed by atoms with E-state index in [-0.39, 0.29) is 12.7 Å². The van der Waals surface area contributed by atoms with Crippen molar-refractivity contribution in [3.8, 4) is 0 Å². The Morgan fingerprint density at radius 3 is 2.42 bits per heavy atom. The normalized spacial score (nSPS) is 16.0. The maximum absolute atomic E-state index is 9.13. The van der Waals surface area contributed by atoms with Gasteiger partial charge in [-0.3, -0.25) is 0 Å². The van der Waals surface area contributed by atoms with Crippen LogP contribution < -0.4 is 0 Å². The molecule has 0 aromatic heterocycles. The first kappa shape index (κ1) is 11.9. The molecule has 12 heavy (non-hydrogen) atoms. The molecule has 3 heteroatoms. The van der Waals surface area contributed by atoms with E-state index in [1.807, 2.05) is 6.92 Å². The summed E-state index contributed by atoms with van der Waals surface area (Å²) < 4.78 is 5.16. The first-order chi connectivity index (χ1) is 5.74. The monoisotopic (exact) mass is 176 g/mol. The molecule has 0 spiro atoms. The number of hydrogen-bond donors (Lipinski definition) is 2. The van der Waals surface area contributed by atoms with Crippen molar-refractivity contribution in [3.05, 3.63) is 0 Å². The molecule has 2 N–H and O–H groups in total. The van der Waals surface area contributed by atoms with Crippen molar-refractivity contribution in [2.24, 2.45) is 0 Å². The Bertz CT molecular complexity index is 95.8. The zero-order valence-electron chi connectivity index (χ0n) is 7.99. The SMILES string of the molecule is CCCCC(CO)OC(O)CC. The van der Waals surface area contributed by atoms with E-state index < -0.39 is 6.29 Å². The van der Waals surface area contributed by atoms with Gasteiger partial charge in [0.1, 0.15) is 0 Å². The van der Waals surface area contributed by atoms with Gasteiger partial charge in [0.2, 0.25) is 0 Å². The van der Waals surface area contributed by atoms with Gasteiger partial charge in [-0.25, -0.2) is 0 Å². The molecule has 0 amide bonds. The topological polar surface area (TPSA) is 49.7 Å². The van der Waals surface area contributed by atoms with Crippen molar-refractivity contribution in [3.63, 3.8) is 0 Å². The number of aliphatic hydroxyl groups is 2. The maximum atomic E-state index is 9.13. The van der Waals surface area contributed by atoms with E-state index in [9.17, 15) is 0 Å². The van der Waals surface area contributed by atoms with E-state index in [4.69, 9.17) is 14.9 Å². The second-order valence-corrected chi connectivity index (χ2v) is 2.95. The number of unbranched alkanes of at least 4 members (excludes halogenated alkanes) is 1. The van der Waals surface area contributed by atoms with Crippen LogP contribution in [0.25, 0.3) is 0 Å². The van der Waals surface area contributed by atoms with Crippen LogP contribution in [-0.2, 0) is 4.74 Å². The van der Waals surface area contributed by atoms with E-state index in [0.29, 0.717) is 6.42 Å². The molecule has 3 nitrogen and oxygen atoms in total. The predicted molar refractivity (Wildman–Crippen MR) is 47.8 cm³/mol. The van der Waals surface area contributed by atoms with Crippen LogP contribution in [0.1, 0.15) is 39.5 Å². The summed E-state index contributed by atoms with van der Waals surface area (Å²) in [7, 11) is 0. The minimum Gasteiger partial charge on any atom is -0.394 e. The molecule has 0 fully saturated rings. The minimum atomic E-state index is -0.723. The van der Waals surface area contributed by atoms with Crippen LogP contribution in [0.3, 0.4) is 0 Å². The number of rotatable bonds is 7. The molecular formula is C9H20O3. The molecule has 0 radical (unpaired) electrons. The Morgan fingerprint density at radius 1 is 1.33 bits per heavy atom. The summed E-state index contributed by atoms with van der Waals surface area (Å²) in [6.45, 7) is 3.93. The van der Waals surface area contributed by atoms with E-state index >= 15 is 0 Å². The highest BCUT2D eigenvalue weighted by atomic mass is 16.6. The average molecular weight is 176 g/mol. The fraction of sp³-hybridized carbons (Fsp3) is 1.00. The molecule has 0 saturated heterocycles. The fourth-order valence-corrected chi connectivity index (χ4v) is 0.953. The number of aliphatic hydroxyl groups excluding tert-OH is 2. The Labute approximate surface area is 74.4 Å². The maximum Gasteiger partial charge on any atom is 0.154 e. The predicted octanol–water partition coefficient (Wildman–Crippen LogP) is 1.28. The summed E-state index contributed by atoms with van der Waals surface area (Å²) in [4.78, 5) is 0. The van der Waals surface area contributed by atoms with Crippen molar-refractivity contribution in [2.75, 3.05) is 6.61 Å². The molecule has 0 aromatic carbocycles. The standard InChI is InChI=1S/C9H20O3/c1-3-5-6-8(7-10)12-9(11)4-2/h8-11H,3-7H2,1-2H3. The molecule has 0 heterocycles. The van der Waals surface area contributed by atoms with Crippen LogP contribution >= 0.6 is 0 Å². The highest BCUT2D eigenvalue weighted by Gasteiger charge is 2.11. The zero-order chi connectivity index (χ0) is 9.40. The molecule has 0 aliphatic rings. The fourth-order valence-electron chi connectivity index (χ4n) is 0.953. The lowest BCUT2D eigenvalue weighted by Crippen LogP contribution is -2.24. The van der Waals surface area contributed by atoms with Gasteiger partial charge in [0.25, 0.3) is 0 Å². The van der Waals surface area contributed by atoms with E-state index in [1.165, 1.54) is 0 Å². The van der Waals surface area contributed by atoms with Crippen molar-refractivity contribution in [1.29, 1.82) is 0 Å². The highest BCUT2D eigenvalue weighted by Crippen LogP contribution is 2.07. The summed E-state index contributed by atoms with van der Waals surface area (Å²) in [6.07, 6.45) is 2.59. The molecule has 2 unspecified atom stereocenters. The van der Waals surface area contributed by atoms with E-state index in [0.717, 1.165) is 19.3 Å². The van der Waals surface area contributed by atoms with Gasteiger partial charge < -0.3 is 14.9 Å². The summed E-state index contributed by atoms with van der Waals surface area (Å²) in [5.41, 5.74) is 0. The Hall–Kier alpha value is -0.120. The third-order valence-electron chi connectivity index (χ3n) is 1.78.